The Hall–Kier alpha value is -2.15. The van der Waals surface area contributed by atoms with Gasteiger partial charge >= 0.3 is 0 Å². The number of rotatable bonds is 2. The normalized spacial score (nSPS) is 10.6. The van der Waals surface area contributed by atoms with Crippen LogP contribution in [0.4, 0.5) is 0 Å². The van der Waals surface area contributed by atoms with E-state index in [4.69, 9.17) is 0 Å². The van der Waals surface area contributed by atoms with Crippen molar-refractivity contribution in [1.29, 1.82) is 0 Å². The van der Waals surface area contributed by atoms with Crippen molar-refractivity contribution in [3.63, 3.8) is 0 Å². The van der Waals surface area contributed by atoms with Crippen LogP contribution in [-0.2, 0) is 6.42 Å². The van der Waals surface area contributed by atoms with E-state index in [1.165, 1.54) is 16.6 Å². The van der Waals surface area contributed by atoms with Crippen molar-refractivity contribution in [3.8, 4) is 0 Å². The summed E-state index contributed by atoms with van der Waals surface area (Å²) in [7, 11) is 0. The second kappa shape index (κ2) is 4.38. The Balaban J connectivity index is 1.96. The van der Waals surface area contributed by atoms with E-state index in [2.05, 4.69) is 71.4 Å². The van der Waals surface area contributed by atoms with Gasteiger partial charge in [0.15, 0.2) is 12.4 Å². The van der Waals surface area contributed by atoms with Gasteiger partial charge in [-0.15, -0.1) is 0 Å². The summed E-state index contributed by atoms with van der Waals surface area (Å²) < 4.78 is 2.13. The van der Waals surface area contributed by atoms with E-state index in [9.17, 15) is 0 Å². The molecule has 0 bridgehead atoms. The predicted molar refractivity (Wildman–Crippen MR) is 68.9 cm³/mol. The third kappa shape index (κ3) is 2.18. The summed E-state index contributed by atoms with van der Waals surface area (Å²) in [5, 5.41) is 0. The van der Waals surface area contributed by atoms with Gasteiger partial charge in [0.05, 0.1) is 0 Å². The van der Waals surface area contributed by atoms with Gasteiger partial charge in [-0.25, -0.2) is 0 Å². The zero-order chi connectivity index (χ0) is 11.5. The largest absolute Gasteiger partial charge is 0.210 e. The van der Waals surface area contributed by atoms with Crippen molar-refractivity contribution in [2.24, 2.45) is 0 Å². The first-order valence-corrected chi connectivity index (χ1v) is 5.85. The first-order valence-electron chi connectivity index (χ1n) is 5.85. The van der Waals surface area contributed by atoms with E-state index < -0.39 is 0 Å². The summed E-state index contributed by atoms with van der Waals surface area (Å²) in [6, 6.07) is 21.2. The van der Waals surface area contributed by atoms with Gasteiger partial charge in [0, 0.05) is 24.3 Å². The van der Waals surface area contributed by atoms with Crippen molar-refractivity contribution in [2.45, 2.75) is 6.42 Å². The van der Waals surface area contributed by atoms with Crippen LogP contribution in [0.5, 0.6) is 0 Å². The average Bonchev–Trinajstić information content (AvgIpc) is 2.40. The van der Waals surface area contributed by atoms with Gasteiger partial charge in [-0.2, -0.15) is 4.40 Å². The van der Waals surface area contributed by atoms with Gasteiger partial charge in [0.1, 0.15) is 0 Å². The molecule has 0 aliphatic heterocycles. The molecule has 1 heteroatoms. The highest BCUT2D eigenvalue weighted by molar-refractivity contribution is 5.42. The molecule has 0 saturated carbocycles. The summed E-state index contributed by atoms with van der Waals surface area (Å²) in [5.41, 5.74) is 3.94. The van der Waals surface area contributed by atoms with E-state index in [1.54, 1.807) is 0 Å². The fourth-order valence-corrected chi connectivity index (χ4v) is 2.08. The van der Waals surface area contributed by atoms with Crippen molar-refractivity contribution < 1.29 is 4.40 Å². The molecule has 0 fully saturated rings. The van der Waals surface area contributed by atoms with Crippen LogP contribution in [-0.4, -0.2) is 0 Å². The maximum Gasteiger partial charge on any atom is 0.210 e. The average molecular weight is 220 g/mol. The minimum Gasteiger partial charge on any atom is -0.167 e. The predicted octanol–water partition coefficient (Wildman–Crippen LogP) is 3.02. The Kier molecular flexibility index (Phi) is 2.59. The lowest BCUT2D eigenvalue weighted by Crippen LogP contribution is -2.19. The molecule has 1 aromatic carbocycles. The summed E-state index contributed by atoms with van der Waals surface area (Å²) >= 11 is 0. The summed E-state index contributed by atoms with van der Waals surface area (Å²) in [5.74, 6) is 0. The maximum atomic E-state index is 2.24. The molecule has 3 aromatic rings. The van der Waals surface area contributed by atoms with Crippen LogP contribution in [0.2, 0.25) is 0 Å². The van der Waals surface area contributed by atoms with Crippen molar-refractivity contribution >= 4 is 5.52 Å². The van der Waals surface area contributed by atoms with Crippen LogP contribution in [0.1, 0.15) is 11.1 Å². The molecule has 0 spiro atoms. The second-order valence-electron chi connectivity index (χ2n) is 4.23. The zero-order valence-corrected chi connectivity index (χ0v) is 9.58. The van der Waals surface area contributed by atoms with Crippen LogP contribution >= 0.6 is 0 Å². The fourth-order valence-electron chi connectivity index (χ4n) is 2.08. The molecule has 0 N–H and O–H groups in total. The van der Waals surface area contributed by atoms with E-state index in [0.717, 1.165) is 6.42 Å². The number of pyridine rings is 2. The first kappa shape index (κ1) is 10.0. The van der Waals surface area contributed by atoms with Crippen LogP contribution in [0.3, 0.4) is 0 Å². The van der Waals surface area contributed by atoms with E-state index >= 15 is 0 Å². The number of hydrogen-bond acceptors (Lipinski definition) is 0. The minimum absolute atomic E-state index is 0.992. The number of aromatic nitrogens is 1. The molecule has 3 rings (SSSR count). The fraction of sp³-hybridized carbons (Fsp3) is 0.0625. The highest BCUT2D eigenvalue weighted by atomic mass is 14.8. The van der Waals surface area contributed by atoms with Gasteiger partial charge in [0.25, 0.3) is 0 Å². The number of fused-ring (bicyclic) bond motifs is 1. The number of benzene rings is 1. The van der Waals surface area contributed by atoms with Gasteiger partial charge in [-0.05, 0) is 23.6 Å². The van der Waals surface area contributed by atoms with E-state index in [1.807, 2.05) is 6.07 Å². The van der Waals surface area contributed by atoms with Gasteiger partial charge < -0.3 is 0 Å². The lowest BCUT2D eigenvalue weighted by atomic mass is 10.1. The van der Waals surface area contributed by atoms with Crippen molar-refractivity contribution in [2.75, 3.05) is 0 Å². The molecule has 0 atom stereocenters. The number of nitrogens with zero attached hydrogens (tertiary/aromatic N) is 1. The van der Waals surface area contributed by atoms with Gasteiger partial charge in [0.2, 0.25) is 5.52 Å². The standard InChI is InChI=1S/C16H14N/c1-2-6-14(7-3-1)12-15-9-11-17-10-5-4-8-16(17)13-15/h1-11,13H,12H2/q+1. The molecule has 0 aliphatic rings. The topological polar surface area (TPSA) is 4.10 Å². The highest BCUT2D eigenvalue weighted by Crippen LogP contribution is 2.09. The van der Waals surface area contributed by atoms with Crippen molar-refractivity contribution in [3.05, 3.63) is 84.2 Å². The summed E-state index contributed by atoms with van der Waals surface area (Å²) in [6.07, 6.45) is 5.18. The molecule has 0 amide bonds. The molecule has 0 aliphatic carbocycles. The zero-order valence-electron chi connectivity index (χ0n) is 9.58. The lowest BCUT2D eigenvalue weighted by Gasteiger charge is -2.00. The maximum absolute atomic E-state index is 2.24. The highest BCUT2D eigenvalue weighted by Gasteiger charge is 2.02. The van der Waals surface area contributed by atoms with Crippen LogP contribution in [0.25, 0.3) is 5.52 Å². The third-order valence-electron chi connectivity index (χ3n) is 2.96. The third-order valence-corrected chi connectivity index (χ3v) is 2.96. The molecule has 0 radical (unpaired) electrons. The van der Waals surface area contributed by atoms with Crippen LogP contribution in [0.15, 0.2) is 73.1 Å². The SMILES string of the molecule is c1ccc(Cc2cc[n+]3ccccc3c2)cc1. The smallest absolute Gasteiger partial charge is 0.167 e. The molecule has 0 unspecified atom stereocenters. The molecule has 2 aromatic heterocycles. The minimum atomic E-state index is 0.992. The number of hydrogen-bond donors (Lipinski definition) is 0. The molecule has 17 heavy (non-hydrogen) atoms. The molecular weight excluding hydrogens is 206 g/mol. The molecule has 0 saturated heterocycles. The Morgan fingerprint density at radius 1 is 0.706 bits per heavy atom. The van der Waals surface area contributed by atoms with Gasteiger partial charge in [-0.3, -0.25) is 0 Å². The molecule has 2 heterocycles. The quantitative estimate of drug-likeness (QED) is 0.585. The Morgan fingerprint density at radius 2 is 1.53 bits per heavy atom. The molecular formula is C16H14N+. The van der Waals surface area contributed by atoms with E-state index in [-0.39, 0.29) is 0 Å². The second-order valence-corrected chi connectivity index (χ2v) is 4.23. The lowest BCUT2D eigenvalue weighted by molar-refractivity contribution is -0.512. The molecule has 1 nitrogen and oxygen atoms in total. The van der Waals surface area contributed by atoms with E-state index in [0.29, 0.717) is 0 Å². The van der Waals surface area contributed by atoms with Crippen LogP contribution in [0, 0.1) is 0 Å². The monoisotopic (exact) mass is 220 g/mol. The molecule has 82 valence electrons. The van der Waals surface area contributed by atoms with Crippen LogP contribution < -0.4 is 4.40 Å². The Bertz CT molecular complexity index is 629. The Morgan fingerprint density at radius 3 is 2.41 bits per heavy atom. The first-order chi connectivity index (χ1) is 8.42. The van der Waals surface area contributed by atoms with Gasteiger partial charge in [-0.1, -0.05) is 30.3 Å². The van der Waals surface area contributed by atoms with Crippen molar-refractivity contribution in [1.82, 2.24) is 0 Å². The summed E-state index contributed by atoms with van der Waals surface area (Å²) in [6.45, 7) is 0. The Labute approximate surface area is 101 Å². The summed E-state index contributed by atoms with van der Waals surface area (Å²) in [4.78, 5) is 0.